The van der Waals surface area contributed by atoms with E-state index in [0.717, 1.165) is 10.5 Å². The predicted octanol–water partition coefficient (Wildman–Crippen LogP) is 4.23. The van der Waals surface area contributed by atoms with E-state index in [1.54, 1.807) is 36.4 Å². The van der Waals surface area contributed by atoms with E-state index < -0.39 is 12.6 Å². The second-order valence-electron chi connectivity index (χ2n) is 7.77. The van der Waals surface area contributed by atoms with Crippen molar-refractivity contribution in [1.29, 1.82) is 0 Å². The molecule has 2 aromatic carbocycles. The van der Waals surface area contributed by atoms with Crippen LogP contribution in [0.3, 0.4) is 0 Å². The summed E-state index contributed by atoms with van der Waals surface area (Å²) in [5, 5.41) is 0.502. The number of benzene rings is 2. The first-order valence-corrected chi connectivity index (χ1v) is 10.3. The van der Waals surface area contributed by atoms with E-state index >= 15 is 0 Å². The van der Waals surface area contributed by atoms with Gasteiger partial charge in [0.05, 0.1) is 23.1 Å². The molecule has 2 aliphatic rings. The minimum Gasteiger partial charge on any atom is -0.454 e. The third-order valence-electron chi connectivity index (χ3n) is 5.66. The lowest BCUT2D eigenvalue weighted by molar-refractivity contribution is -0.122. The molecule has 1 aliphatic carbocycles. The molecule has 0 aromatic heterocycles. The summed E-state index contributed by atoms with van der Waals surface area (Å²) in [5.41, 5.74) is 1.98. The highest BCUT2D eigenvalue weighted by Gasteiger charge is 2.48. The second-order valence-corrected chi connectivity index (χ2v) is 8.21. The zero-order valence-corrected chi connectivity index (χ0v) is 17.6. The van der Waals surface area contributed by atoms with E-state index in [2.05, 4.69) is 0 Å². The lowest BCUT2D eigenvalue weighted by Gasteiger charge is -2.18. The smallest absolute Gasteiger partial charge is 0.338 e. The molecule has 1 fully saturated rings. The van der Waals surface area contributed by atoms with Crippen LogP contribution in [0, 0.1) is 11.8 Å². The number of carbonyl (C=O) groups excluding carboxylic acids is 4. The highest BCUT2D eigenvalue weighted by atomic mass is 35.5. The molecule has 1 heterocycles. The Morgan fingerprint density at radius 2 is 1.74 bits per heavy atom. The standard InChI is InChI=1S/C24H20ClNO5/c1-14-5-10-19-20(11-14)23(29)26(22(19)28)18-4-2-3-16(12-18)24(30)31-13-21(27)15-6-8-17(25)9-7-15/h2-9,12,19-20H,10-11,13H2,1H3/t19-,20-/m1/s1. The molecular weight excluding hydrogens is 418 g/mol. The lowest BCUT2D eigenvalue weighted by atomic mass is 9.82. The average molecular weight is 438 g/mol. The Labute approximate surface area is 184 Å². The van der Waals surface area contributed by atoms with Crippen molar-refractivity contribution in [3.63, 3.8) is 0 Å². The number of rotatable bonds is 5. The number of nitrogens with zero attached hydrogens (tertiary/aromatic N) is 1. The van der Waals surface area contributed by atoms with Crippen molar-refractivity contribution in [1.82, 2.24) is 0 Å². The number of imide groups is 1. The van der Waals surface area contributed by atoms with Crippen molar-refractivity contribution in [2.75, 3.05) is 11.5 Å². The van der Waals surface area contributed by atoms with Gasteiger partial charge in [-0.2, -0.15) is 0 Å². The van der Waals surface area contributed by atoms with Gasteiger partial charge in [0.1, 0.15) is 0 Å². The van der Waals surface area contributed by atoms with Gasteiger partial charge in [-0.3, -0.25) is 19.3 Å². The van der Waals surface area contributed by atoms with E-state index in [1.165, 1.54) is 12.1 Å². The molecule has 0 unspecified atom stereocenters. The van der Waals surface area contributed by atoms with E-state index in [-0.39, 0.29) is 35.0 Å². The Hall–Kier alpha value is -3.25. The number of carbonyl (C=O) groups is 4. The van der Waals surface area contributed by atoms with Gasteiger partial charge in [0.25, 0.3) is 0 Å². The predicted molar refractivity (Wildman–Crippen MR) is 115 cm³/mol. The summed E-state index contributed by atoms with van der Waals surface area (Å²) < 4.78 is 5.14. The number of Topliss-reactive ketones (excluding diaryl/α,β-unsaturated/α-hetero) is 1. The SMILES string of the molecule is CC1=CC[C@H]2C(=O)N(c3cccc(C(=O)OCC(=O)c4ccc(Cl)cc4)c3)C(=O)[C@@H]2C1. The maximum absolute atomic E-state index is 12.9. The normalized spacial score (nSPS) is 20.3. The van der Waals surface area contributed by atoms with Gasteiger partial charge in [-0.05, 0) is 62.2 Å². The highest BCUT2D eigenvalue weighted by molar-refractivity contribution is 6.30. The third-order valence-corrected chi connectivity index (χ3v) is 5.92. The zero-order valence-electron chi connectivity index (χ0n) is 16.8. The van der Waals surface area contributed by atoms with Crippen LogP contribution in [0.15, 0.2) is 60.2 Å². The summed E-state index contributed by atoms with van der Waals surface area (Å²) >= 11 is 5.81. The molecule has 6 nitrogen and oxygen atoms in total. The number of esters is 1. The van der Waals surface area contributed by atoms with Gasteiger partial charge >= 0.3 is 5.97 Å². The number of ether oxygens (including phenoxy) is 1. The molecule has 31 heavy (non-hydrogen) atoms. The Balaban J connectivity index is 1.46. The van der Waals surface area contributed by atoms with E-state index in [0.29, 0.717) is 29.1 Å². The zero-order chi connectivity index (χ0) is 22.1. The molecule has 2 aromatic rings. The Morgan fingerprint density at radius 1 is 1.03 bits per heavy atom. The minimum absolute atomic E-state index is 0.159. The molecule has 0 N–H and O–H groups in total. The Bertz CT molecular complexity index is 1110. The summed E-state index contributed by atoms with van der Waals surface area (Å²) in [6.07, 6.45) is 3.12. The molecule has 0 radical (unpaired) electrons. The van der Waals surface area contributed by atoms with Gasteiger partial charge in [-0.25, -0.2) is 4.79 Å². The van der Waals surface area contributed by atoms with Crippen molar-refractivity contribution >= 4 is 40.9 Å². The fourth-order valence-corrected chi connectivity index (χ4v) is 4.12. The number of fused-ring (bicyclic) bond motifs is 1. The first-order chi connectivity index (χ1) is 14.8. The molecule has 158 valence electrons. The van der Waals surface area contributed by atoms with Crippen LogP contribution in [0.5, 0.6) is 0 Å². The van der Waals surface area contributed by atoms with E-state index in [9.17, 15) is 19.2 Å². The molecule has 0 bridgehead atoms. The number of allylic oxidation sites excluding steroid dienone is 2. The van der Waals surface area contributed by atoms with Crippen LogP contribution in [-0.2, 0) is 14.3 Å². The fourth-order valence-electron chi connectivity index (χ4n) is 4.00. The number of halogens is 1. The highest BCUT2D eigenvalue weighted by Crippen LogP contribution is 2.39. The van der Waals surface area contributed by atoms with Crippen molar-refractivity contribution in [2.24, 2.45) is 11.8 Å². The van der Waals surface area contributed by atoms with Gasteiger partial charge in [-0.15, -0.1) is 0 Å². The first-order valence-electron chi connectivity index (χ1n) is 9.94. The number of amides is 2. The maximum Gasteiger partial charge on any atom is 0.338 e. The van der Waals surface area contributed by atoms with Crippen molar-refractivity contribution in [2.45, 2.75) is 19.8 Å². The summed E-state index contributed by atoms with van der Waals surface area (Å²) in [4.78, 5) is 51.6. The summed E-state index contributed by atoms with van der Waals surface area (Å²) in [5.74, 6) is -2.28. The quantitative estimate of drug-likeness (QED) is 0.303. The van der Waals surface area contributed by atoms with Crippen LogP contribution in [0.25, 0.3) is 0 Å². The number of anilines is 1. The molecule has 4 rings (SSSR count). The van der Waals surface area contributed by atoms with Crippen molar-refractivity contribution in [3.05, 3.63) is 76.3 Å². The maximum atomic E-state index is 12.9. The first kappa shape index (κ1) is 21.0. The third kappa shape index (κ3) is 4.16. The van der Waals surface area contributed by atoms with Crippen LogP contribution in [0.1, 0.15) is 40.5 Å². The largest absolute Gasteiger partial charge is 0.454 e. The summed E-state index contributed by atoms with van der Waals surface area (Å²) in [6.45, 7) is 1.53. The summed E-state index contributed by atoms with van der Waals surface area (Å²) in [6, 6.07) is 12.4. The Kier molecular flexibility index (Phi) is 5.74. The fraction of sp³-hybridized carbons (Fsp3) is 0.250. The summed E-state index contributed by atoms with van der Waals surface area (Å²) in [7, 11) is 0. The second kappa shape index (κ2) is 8.47. The van der Waals surface area contributed by atoms with Gasteiger partial charge in [-0.1, -0.05) is 29.3 Å². The topological polar surface area (TPSA) is 80.8 Å². The van der Waals surface area contributed by atoms with Gasteiger partial charge in [0.2, 0.25) is 11.8 Å². The van der Waals surface area contributed by atoms with Crippen LogP contribution in [0.4, 0.5) is 5.69 Å². The Morgan fingerprint density at radius 3 is 2.48 bits per heavy atom. The molecule has 0 spiro atoms. The minimum atomic E-state index is -0.710. The van der Waals surface area contributed by atoms with E-state index in [1.807, 2.05) is 13.0 Å². The molecule has 1 aliphatic heterocycles. The van der Waals surface area contributed by atoms with Crippen LogP contribution in [0.2, 0.25) is 5.02 Å². The van der Waals surface area contributed by atoms with Crippen LogP contribution in [-0.4, -0.2) is 30.2 Å². The number of hydrogen-bond acceptors (Lipinski definition) is 5. The van der Waals surface area contributed by atoms with Gasteiger partial charge in [0, 0.05) is 10.6 Å². The number of hydrogen-bond donors (Lipinski definition) is 0. The molecule has 7 heteroatoms. The average Bonchev–Trinajstić information content (AvgIpc) is 3.01. The van der Waals surface area contributed by atoms with Gasteiger partial charge < -0.3 is 4.74 Å². The van der Waals surface area contributed by atoms with E-state index in [4.69, 9.17) is 16.3 Å². The van der Waals surface area contributed by atoms with Crippen LogP contribution >= 0.6 is 11.6 Å². The van der Waals surface area contributed by atoms with Crippen molar-refractivity contribution < 1.29 is 23.9 Å². The molecule has 1 saturated heterocycles. The number of ketones is 1. The van der Waals surface area contributed by atoms with Gasteiger partial charge in [0.15, 0.2) is 12.4 Å². The van der Waals surface area contributed by atoms with Crippen LogP contribution < -0.4 is 4.90 Å². The monoisotopic (exact) mass is 437 g/mol. The molecule has 0 saturated carbocycles. The molecule has 2 amide bonds. The molecule has 2 atom stereocenters. The lowest BCUT2D eigenvalue weighted by Crippen LogP contribution is -2.31. The molecular formula is C24H20ClNO5. The van der Waals surface area contributed by atoms with Crippen molar-refractivity contribution in [3.8, 4) is 0 Å².